The molecule has 1 aromatic heterocycles. The number of ether oxygens (including phenoxy) is 2. The van der Waals surface area contributed by atoms with Gasteiger partial charge in [0.2, 0.25) is 0 Å². The average molecular weight is 267 g/mol. The number of rotatable bonds is 9. The Morgan fingerprint density at radius 2 is 1.84 bits per heavy atom. The van der Waals surface area contributed by atoms with Gasteiger partial charge in [-0.1, -0.05) is 26.7 Å². The number of hydrogen-bond acceptors (Lipinski definition) is 4. The van der Waals surface area contributed by atoms with Crippen LogP contribution in [0.1, 0.15) is 50.0 Å². The highest BCUT2D eigenvalue weighted by Crippen LogP contribution is 2.23. The molecular formula is C14H21NO4. The van der Waals surface area contributed by atoms with E-state index < -0.39 is 5.97 Å². The molecule has 0 saturated carbocycles. The molecule has 1 aromatic rings. The highest BCUT2D eigenvalue weighted by Gasteiger charge is 2.14. The van der Waals surface area contributed by atoms with Gasteiger partial charge in [-0.25, -0.2) is 9.78 Å². The van der Waals surface area contributed by atoms with Crippen LogP contribution >= 0.6 is 0 Å². The highest BCUT2D eigenvalue weighted by molar-refractivity contribution is 5.88. The summed E-state index contributed by atoms with van der Waals surface area (Å²) in [4.78, 5) is 14.9. The molecule has 0 aliphatic heterocycles. The molecule has 19 heavy (non-hydrogen) atoms. The van der Waals surface area contributed by atoms with Crippen LogP contribution in [0.3, 0.4) is 0 Å². The molecule has 0 aliphatic rings. The minimum Gasteiger partial charge on any atom is -0.492 e. The maximum Gasteiger partial charge on any atom is 0.358 e. The van der Waals surface area contributed by atoms with Crippen molar-refractivity contribution >= 4 is 5.97 Å². The van der Waals surface area contributed by atoms with Crippen LogP contribution in [0, 0.1) is 0 Å². The van der Waals surface area contributed by atoms with E-state index in [2.05, 4.69) is 11.9 Å². The van der Waals surface area contributed by atoms with Gasteiger partial charge in [0.05, 0.1) is 19.4 Å². The zero-order valence-corrected chi connectivity index (χ0v) is 11.5. The fraction of sp³-hybridized carbons (Fsp3) is 0.571. The first-order chi connectivity index (χ1) is 9.19. The third-order valence-corrected chi connectivity index (χ3v) is 2.55. The van der Waals surface area contributed by atoms with Gasteiger partial charge in [-0.3, -0.25) is 0 Å². The van der Waals surface area contributed by atoms with Gasteiger partial charge >= 0.3 is 5.97 Å². The SMILES string of the molecule is CCCCOc1cnc(C(=O)O)c(OCCCC)c1. The number of aromatic nitrogens is 1. The summed E-state index contributed by atoms with van der Waals surface area (Å²) in [6.45, 7) is 5.20. The number of carboxylic acids is 1. The van der Waals surface area contributed by atoms with Gasteiger partial charge in [-0.05, 0) is 12.8 Å². The number of aromatic carboxylic acids is 1. The Morgan fingerprint density at radius 3 is 2.42 bits per heavy atom. The first-order valence-corrected chi connectivity index (χ1v) is 6.68. The van der Waals surface area contributed by atoms with Crippen molar-refractivity contribution in [1.82, 2.24) is 4.98 Å². The number of carbonyl (C=O) groups is 1. The standard InChI is InChI=1S/C14H21NO4/c1-3-5-7-18-11-9-12(19-8-6-4-2)13(14(16)17)15-10-11/h9-10H,3-8H2,1-2H3,(H,16,17). The third kappa shape index (κ3) is 5.16. The average Bonchev–Trinajstić information content (AvgIpc) is 2.39. The largest absolute Gasteiger partial charge is 0.492 e. The number of hydrogen-bond donors (Lipinski definition) is 1. The number of carboxylic acid groups (broad SMARTS) is 1. The van der Waals surface area contributed by atoms with E-state index in [4.69, 9.17) is 14.6 Å². The molecule has 0 saturated heterocycles. The first kappa shape index (κ1) is 15.3. The van der Waals surface area contributed by atoms with Crippen LogP contribution in [0.4, 0.5) is 0 Å². The van der Waals surface area contributed by atoms with Gasteiger partial charge in [0, 0.05) is 6.07 Å². The zero-order valence-electron chi connectivity index (χ0n) is 11.5. The van der Waals surface area contributed by atoms with Gasteiger partial charge in [-0.15, -0.1) is 0 Å². The summed E-state index contributed by atoms with van der Waals surface area (Å²) < 4.78 is 11.0. The van der Waals surface area contributed by atoms with Crippen LogP contribution in [-0.2, 0) is 0 Å². The molecule has 0 aromatic carbocycles. The Kier molecular flexibility index (Phi) is 6.71. The zero-order chi connectivity index (χ0) is 14.1. The lowest BCUT2D eigenvalue weighted by molar-refractivity contribution is 0.0685. The summed E-state index contributed by atoms with van der Waals surface area (Å²) in [6.07, 6.45) is 5.28. The van der Waals surface area contributed by atoms with Crippen molar-refractivity contribution in [2.24, 2.45) is 0 Å². The number of nitrogens with zero attached hydrogens (tertiary/aromatic N) is 1. The molecule has 1 N–H and O–H groups in total. The predicted octanol–water partition coefficient (Wildman–Crippen LogP) is 3.14. The van der Waals surface area contributed by atoms with Crippen molar-refractivity contribution in [3.63, 3.8) is 0 Å². The Labute approximate surface area is 113 Å². The van der Waals surface area contributed by atoms with Crippen LogP contribution < -0.4 is 9.47 Å². The predicted molar refractivity (Wildman–Crippen MR) is 72.0 cm³/mol. The van der Waals surface area contributed by atoms with E-state index in [1.54, 1.807) is 6.07 Å². The van der Waals surface area contributed by atoms with E-state index in [1.807, 2.05) is 6.92 Å². The number of unbranched alkanes of at least 4 members (excludes halogenated alkanes) is 2. The lowest BCUT2D eigenvalue weighted by atomic mass is 10.3. The van der Waals surface area contributed by atoms with Gasteiger partial charge in [-0.2, -0.15) is 0 Å². The first-order valence-electron chi connectivity index (χ1n) is 6.68. The molecule has 0 amide bonds. The summed E-state index contributed by atoms with van der Waals surface area (Å²) in [5.41, 5.74) is -0.0704. The Balaban J connectivity index is 2.75. The quantitative estimate of drug-likeness (QED) is 0.696. The number of pyridine rings is 1. The van der Waals surface area contributed by atoms with Gasteiger partial charge in [0.25, 0.3) is 0 Å². The second-order valence-corrected chi connectivity index (χ2v) is 4.23. The molecule has 0 atom stereocenters. The Morgan fingerprint density at radius 1 is 1.21 bits per heavy atom. The molecule has 5 heteroatoms. The topological polar surface area (TPSA) is 68.7 Å². The van der Waals surface area contributed by atoms with Gasteiger partial charge in [0.1, 0.15) is 5.75 Å². The molecule has 1 rings (SSSR count). The van der Waals surface area contributed by atoms with Crippen LogP contribution in [0.25, 0.3) is 0 Å². The molecule has 0 aliphatic carbocycles. The molecule has 0 unspecified atom stereocenters. The monoisotopic (exact) mass is 267 g/mol. The van der Waals surface area contributed by atoms with E-state index in [-0.39, 0.29) is 11.4 Å². The Hall–Kier alpha value is -1.78. The maximum absolute atomic E-state index is 11.0. The maximum atomic E-state index is 11.0. The minimum atomic E-state index is -1.09. The van der Waals surface area contributed by atoms with Crippen molar-refractivity contribution in [2.45, 2.75) is 39.5 Å². The second kappa shape index (κ2) is 8.34. The van der Waals surface area contributed by atoms with Crippen LogP contribution in [-0.4, -0.2) is 29.3 Å². The fourth-order valence-electron chi connectivity index (χ4n) is 1.44. The van der Waals surface area contributed by atoms with E-state index in [0.717, 1.165) is 25.7 Å². The lowest BCUT2D eigenvalue weighted by Crippen LogP contribution is -2.07. The normalized spacial score (nSPS) is 10.2. The van der Waals surface area contributed by atoms with Crippen molar-refractivity contribution in [2.75, 3.05) is 13.2 Å². The molecule has 1 heterocycles. The second-order valence-electron chi connectivity index (χ2n) is 4.23. The van der Waals surface area contributed by atoms with E-state index in [1.165, 1.54) is 6.20 Å². The lowest BCUT2D eigenvalue weighted by Gasteiger charge is -2.10. The summed E-state index contributed by atoms with van der Waals surface area (Å²) in [5.74, 6) is -0.272. The van der Waals surface area contributed by atoms with Crippen molar-refractivity contribution in [3.05, 3.63) is 18.0 Å². The molecule has 106 valence electrons. The summed E-state index contributed by atoms with van der Waals surface area (Å²) in [5, 5.41) is 9.04. The molecule has 0 radical (unpaired) electrons. The van der Waals surface area contributed by atoms with Gasteiger partial charge in [0.15, 0.2) is 11.4 Å². The fourth-order valence-corrected chi connectivity index (χ4v) is 1.44. The van der Waals surface area contributed by atoms with Crippen LogP contribution in [0.15, 0.2) is 12.3 Å². The van der Waals surface area contributed by atoms with Gasteiger partial charge < -0.3 is 14.6 Å². The minimum absolute atomic E-state index is 0.0704. The van der Waals surface area contributed by atoms with Crippen molar-refractivity contribution in [1.29, 1.82) is 0 Å². The van der Waals surface area contributed by atoms with E-state index in [0.29, 0.717) is 19.0 Å². The molecule has 0 fully saturated rings. The summed E-state index contributed by atoms with van der Waals surface area (Å²) in [7, 11) is 0. The van der Waals surface area contributed by atoms with Crippen molar-refractivity contribution < 1.29 is 19.4 Å². The molecule has 0 spiro atoms. The smallest absolute Gasteiger partial charge is 0.358 e. The summed E-state index contributed by atoms with van der Waals surface area (Å²) in [6, 6.07) is 1.60. The van der Waals surface area contributed by atoms with Crippen molar-refractivity contribution in [3.8, 4) is 11.5 Å². The Bertz CT molecular complexity index is 406. The molecule has 5 nitrogen and oxygen atoms in total. The van der Waals surface area contributed by atoms with Crippen LogP contribution in [0.5, 0.6) is 11.5 Å². The highest BCUT2D eigenvalue weighted by atomic mass is 16.5. The third-order valence-electron chi connectivity index (χ3n) is 2.55. The van der Waals surface area contributed by atoms with Crippen LogP contribution in [0.2, 0.25) is 0 Å². The summed E-state index contributed by atoms with van der Waals surface area (Å²) >= 11 is 0. The van der Waals surface area contributed by atoms with E-state index in [9.17, 15) is 4.79 Å². The van der Waals surface area contributed by atoms with E-state index >= 15 is 0 Å². The molecule has 0 bridgehead atoms. The molecular weight excluding hydrogens is 246 g/mol.